The van der Waals surface area contributed by atoms with Crippen molar-refractivity contribution in [3.8, 4) is 0 Å². The van der Waals surface area contributed by atoms with Crippen LogP contribution >= 0.6 is 0 Å². The largest absolute Gasteiger partial charge is 0.393 e. The Morgan fingerprint density at radius 2 is 2.00 bits per heavy atom. The summed E-state index contributed by atoms with van der Waals surface area (Å²) in [6, 6.07) is 0. The lowest BCUT2D eigenvalue weighted by Gasteiger charge is -2.58. The minimum absolute atomic E-state index is 0.0803. The van der Waals surface area contributed by atoms with Gasteiger partial charge in [0.2, 0.25) is 0 Å². The molecule has 0 aromatic carbocycles. The van der Waals surface area contributed by atoms with Crippen LogP contribution in [-0.2, 0) is 9.59 Å². The van der Waals surface area contributed by atoms with Gasteiger partial charge in [0.25, 0.3) is 0 Å². The van der Waals surface area contributed by atoms with E-state index in [0.717, 1.165) is 32.1 Å². The lowest BCUT2D eigenvalue weighted by Crippen LogP contribution is -2.52. The number of allylic oxidation sites excluding steroid dienone is 1. The van der Waals surface area contributed by atoms with Crippen molar-refractivity contribution in [2.24, 2.45) is 34.5 Å². The molecule has 4 rings (SSSR count). The monoisotopic (exact) mass is 346 g/mol. The molecule has 0 heterocycles. The maximum Gasteiger partial charge on any atom is 0.161 e. The van der Waals surface area contributed by atoms with E-state index in [1.54, 1.807) is 0 Å². The van der Waals surface area contributed by atoms with E-state index in [1.165, 1.54) is 5.57 Å². The number of ketones is 2. The minimum atomic E-state index is -0.447. The fourth-order valence-electron chi connectivity index (χ4n) is 7.23. The summed E-state index contributed by atoms with van der Waals surface area (Å²) >= 11 is 0. The van der Waals surface area contributed by atoms with Crippen LogP contribution in [0, 0.1) is 34.5 Å². The standard InChI is InChI=1S/C21H30O4/c1-20-7-5-13(23)9-12(20)3-4-14-15(20)6-8-21(2)16(18(25)11-22)10-17(24)19(14)21/h9,14-17,19,22,24H,3-8,10-11H2,1-2H3/t14-,15+,16-,17-,19-,20+,21-/m1/s1. The predicted octanol–water partition coefficient (Wildman–Crippen LogP) is 2.67. The van der Waals surface area contributed by atoms with Gasteiger partial charge < -0.3 is 10.2 Å². The number of fused-ring (bicyclic) bond motifs is 5. The quantitative estimate of drug-likeness (QED) is 0.806. The molecule has 25 heavy (non-hydrogen) atoms. The summed E-state index contributed by atoms with van der Waals surface area (Å²) < 4.78 is 0. The molecule has 0 bridgehead atoms. The van der Waals surface area contributed by atoms with Gasteiger partial charge in [0.1, 0.15) is 6.61 Å². The van der Waals surface area contributed by atoms with Gasteiger partial charge in [0.05, 0.1) is 6.10 Å². The third-order valence-corrected chi connectivity index (χ3v) is 8.49. The Morgan fingerprint density at radius 1 is 1.24 bits per heavy atom. The average molecular weight is 346 g/mol. The van der Waals surface area contributed by atoms with Crippen LogP contribution in [0.4, 0.5) is 0 Å². The van der Waals surface area contributed by atoms with Gasteiger partial charge in [-0.2, -0.15) is 0 Å². The van der Waals surface area contributed by atoms with Gasteiger partial charge >= 0.3 is 0 Å². The van der Waals surface area contributed by atoms with Gasteiger partial charge in [0, 0.05) is 12.3 Å². The van der Waals surface area contributed by atoms with E-state index in [4.69, 9.17) is 0 Å². The zero-order chi connectivity index (χ0) is 18.0. The number of rotatable bonds is 2. The Kier molecular flexibility index (Phi) is 4.01. The molecule has 2 N–H and O–H groups in total. The van der Waals surface area contributed by atoms with Crippen molar-refractivity contribution in [2.75, 3.05) is 6.61 Å². The molecule has 0 amide bonds. The molecule has 0 unspecified atom stereocenters. The molecule has 3 fully saturated rings. The summed E-state index contributed by atoms with van der Waals surface area (Å²) in [5.41, 5.74) is 1.21. The number of hydrogen-bond donors (Lipinski definition) is 2. The molecule has 4 heteroatoms. The highest BCUT2D eigenvalue weighted by Gasteiger charge is 2.62. The molecule has 7 atom stereocenters. The van der Waals surface area contributed by atoms with Crippen LogP contribution in [0.3, 0.4) is 0 Å². The normalized spacial score (nSPS) is 49.0. The summed E-state index contributed by atoms with van der Waals surface area (Å²) in [6.07, 6.45) is 7.47. The first-order valence-electron chi connectivity index (χ1n) is 9.87. The summed E-state index contributed by atoms with van der Waals surface area (Å²) in [6.45, 7) is 4.07. The number of aliphatic hydroxyl groups excluding tert-OH is 2. The highest BCUT2D eigenvalue weighted by atomic mass is 16.3. The summed E-state index contributed by atoms with van der Waals surface area (Å²) in [5, 5.41) is 20.2. The fourth-order valence-corrected chi connectivity index (χ4v) is 7.23. The van der Waals surface area contributed by atoms with Crippen molar-refractivity contribution in [3.63, 3.8) is 0 Å². The van der Waals surface area contributed by atoms with Crippen LogP contribution < -0.4 is 0 Å². The molecule has 0 aliphatic heterocycles. The zero-order valence-corrected chi connectivity index (χ0v) is 15.3. The van der Waals surface area contributed by atoms with Crippen molar-refractivity contribution >= 4 is 11.6 Å². The molecule has 138 valence electrons. The molecule has 0 saturated heterocycles. The SMILES string of the molecule is C[C@]12CC[C@H]3[C@@H](CCC4=CC(=O)CC[C@@]43C)[C@@H]1[C@H](O)C[C@@H]2C(=O)CO. The van der Waals surface area contributed by atoms with Gasteiger partial charge in [-0.15, -0.1) is 0 Å². The van der Waals surface area contributed by atoms with E-state index >= 15 is 0 Å². The highest BCUT2D eigenvalue weighted by molar-refractivity contribution is 5.91. The van der Waals surface area contributed by atoms with Crippen LogP contribution in [0.1, 0.15) is 58.8 Å². The van der Waals surface area contributed by atoms with Crippen LogP contribution in [0.25, 0.3) is 0 Å². The lowest BCUT2D eigenvalue weighted by atomic mass is 9.46. The third kappa shape index (κ3) is 2.33. The minimum Gasteiger partial charge on any atom is -0.393 e. The lowest BCUT2D eigenvalue weighted by molar-refractivity contribution is -0.134. The van der Waals surface area contributed by atoms with E-state index < -0.39 is 12.7 Å². The summed E-state index contributed by atoms with van der Waals surface area (Å²) in [5.74, 6) is 1.00. The molecule has 0 aromatic heterocycles. The first kappa shape index (κ1) is 17.4. The second-order valence-corrected chi connectivity index (χ2v) is 9.41. The molecule has 4 aliphatic rings. The topological polar surface area (TPSA) is 74.6 Å². The number of hydrogen-bond acceptors (Lipinski definition) is 4. The Labute approximate surface area is 149 Å². The number of Topliss-reactive ketones (excluding diaryl/α,β-unsaturated/α-hetero) is 1. The summed E-state index contributed by atoms with van der Waals surface area (Å²) in [4.78, 5) is 24.2. The van der Waals surface area contributed by atoms with Crippen LogP contribution in [0.15, 0.2) is 11.6 Å². The molecule has 4 aliphatic carbocycles. The van der Waals surface area contributed by atoms with Crippen LogP contribution in [-0.4, -0.2) is 34.5 Å². The van der Waals surface area contributed by atoms with Gasteiger partial charge in [-0.3, -0.25) is 9.59 Å². The molecule has 0 aromatic rings. The number of aliphatic hydroxyl groups is 2. The zero-order valence-electron chi connectivity index (χ0n) is 15.3. The Balaban J connectivity index is 1.69. The van der Waals surface area contributed by atoms with Crippen molar-refractivity contribution in [1.29, 1.82) is 0 Å². The van der Waals surface area contributed by atoms with Crippen LogP contribution in [0.5, 0.6) is 0 Å². The van der Waals surface area contributed by atoms with Gasteiger partial charge in [-0.25, -0.2) is 0 Å². The molecular weight excluding hydrogens is 316 g/mol. The highest BCUT2D eigenvalue weighted by Crippen LogP contribution is 2.66. The number of carbonyl (C=O) groups excluding carboxylic acids is 2. The average Bonchev–Trinajstić information content (AvgIpc) is 2.86. The van der Waals surface area contributed by atoms with Crippen molar-refractivity contribution < 1.29 is 19.8 Å². The first-order valence-corrected chi connectivity index (χ1v) is 9.87. The first-order chi connectivity index (χ1) is 11.8. The Hall–Kier alpha value is -1.00. The Morgan fingerprint density at radius 3 is 2.72 bits per heavy atom. The van der Waals surface area contributed by atoms with Gasteiger partial charge in [-0.1, -0.05) is 19.4 Å². The van der Waals surface area contributed by atoms with E-state index in [9.17, 15) is 19.8 Å². The molecule has 0 radical (unpaired) electrons. The molecule has 0 spiro atoms. The third-order valence-electron chi connectivity index (χ3n) is 8.49. The second kappa shape index (κ2) is 5.75. The fraction of sp³-hybridized carbons (Fsp3) is 0.810. The molecule has 3 saturated carbocycles. The predicted molar refractivity (Wildman–Crippen MR) is 93.7 cm³/mol. The molecular formula is C21H30O4. The van der Waals surface area contributed by atoms with E-state index in [-0.39, 0.29) is 34.2 Å². The van der Waals surface area contributed by atoms with Crippen LogP contribution in [0.2, 0.25) is 0 Å². The number of carbonyl (C=O) groups is 2. The van der Waals surface area contributed by atoms with E-state index in [2.05, 4.69) is 13.8 Å². The van der Waals surface area contributed by atoms with E-state index in [0.29, 0.717) is 24.7 Å². The van der Waals surface area contributed by atoms with E-state index in [1.807, 2.05) is 6.08 Å². The van der Waals surface area contributed by atoms with Crippen molar-refractivity contribution in [1.82, 2.24) is 0 Å². The Bertz CT molecular complexity index is 638. The molecule has 4 nitrogen and oxygen atoms in total. The second-order valence-electron chi connectivity index (χ2n) is 9.41. The van der Waals surface area contributed by atoms with Gasteiger partial charge in [0.15, 0.2) is 11.6 Å². The maximum atomic E-state index is 12.3. The van der Waals surface area contributed by atoms with Gasteiger partial charge in [-0.05, 0) is 73.2 Å². The smallest absolute Gasteiger partial charge is 0.161 e. The van der Waals surface area contributed by atoms with Crippen molar-refractivity contribution in [3.05, 3.63) is 11.6 Å². The maximum absolute atomic E-state index is 12.3. The summed E-state index contributed by atoms with van der Waals surface area (Å²) in [7, 11) is 0. The van der Waals surface area contributed by atoms with Crippen molar-refractivity contribution in [2.45, 2.75) is 64.9 Å².